The van der Waals surface area contributed by atoms with Crippen LogP contribution in [0.15, 0.2) is 12.7 Å². The largest absolute Gasteiger partial charge is 0.464 e. The van der Waals surface area contributed by atoms with E-state index in [4.69, 9.17) is 5.73 Å². The SMILES string of the molecule is COC(=O)c1ncn(C(C)c2nncn2C)c1N. The van der Waals surface area contributed by atoms with Crippen LogP contribution in [-0.4, -0.2) is 37.4 Å². The van der Waals surface area contributed by atoms with Crippen molar-refractivity contribution in [3.63, 3.8) is 0 Å². The molecule has 96 valence electrons. The van der Waals surface area contributed by atoms with Crippen molar-refractivity contribution in [1.82, 2.24) is 24.3 Å². The molecule has 8 heteroatoms. The Morgan fingerprint density at radius 2 is 2.22 bits per heavy atom. The van der Waals surface area contributed by atoms with Crippen LogP contribution in [0.1, 0.15) is 29.3 Å². The van der Waals surface area contributed by atoms with Gasteiger partial charge in [-0.2, -0.15) is 0 Å². The number of hydrogen-bond acceptors (Lipinski definition) is 6. The first-order chi connectivity index (χ1) is 8.56. The van der Waals surface area contributed by atoms with Gasteiger partial charge < -0.3 is 19.6 Å². The molecule has 0 fully saturated rings. The van der Waals surface area contributed by atoms with Crippen LogP contribution in [0.2, 0.25) is 0 Å². The van der Waals surface area contributed by atoms with Crippen LogP contribution in [0.5, 0.6) is 0 Å². The van der Waals surface area contributed by atoms with Crippen molar-refractivity contribution in [2.24, 2.45) is 7.05 Å². The van der Waals surface area contributed by atoms with E-state index in [0.717, 1.165) is 5.82 Å². The van der Waals surface area contributed by atoms with Gasteiger partial charge >= 0.3 is 5.97 Å². The van der Waals surface area contributed by atoms with E-state index in [0.29, 0.717) is 0 Å². The number of ether oxygens (including phenoxy) is 1. The molecule has 0 bridgehead atoms. The highest BCUT2D eigenvalue weighted by molar-refractivity contribution is 5.92. The van der Waals surface area contributed by atoms with Gasteiger partial charge in [-0.3, -0.25) is 0 Å². The van der Waals surface area contributed by atoms with E-state index in [1.54, 1.807) is 15.5 Å². The summed E-state index contributed by atoms with van der Waals surface area (Å²) in [5.41, 5.74) is 5.98. The number of carbonyl (C=O) groups excluding carboxylic acids is 1. The summed E-state index contributed by atoms with van der Waals surface area (Å²) in [6, 6.07) is -0.177. The quantitative estimate of drug-likeness (QED) is 0.769. The molecule has 2 rings (SSSR count). The zero-order valence-corrected chi connectivity index (χ0v) is 10.4. The lowest BCUT2D eigenvalue weighted by Crippen LogP contribution is -2.14. The monoisotopic (exact) mass is 250 g/mol. The average Bonchev–Trinajstić information content (AvgIpc) is 2.94. The Bertz CT molecular complexity index is 573. The van der Waals surface area contributed by atoms with Gasteiger partial charge in [0.1, 0.15) is 12.1 Å². The minimum absolute atomic E-state index is 0.103. The number of anilines is 1. The third-order valence-corrected chi connectivity index (χ3v) is 2.75. The number of nitrogens with two attached hydrogens (primary N) is 1. The second-order valence-electron chi connectivity index (χ2n) is 3.85. The Hall–Kier alpha value is -2.38. The standard InChI is InChI=1S/C10H14N6O2/c1-6(9-14-13-5-15(9)2)16-4-12-7(8(16)11)10(17)18-3/h4-6H,11H2,1-3H3. The molecule has 0 aromatic carbocycles. The average molecular weight is 250 g/mol. The molecule has 2 aromatic rings. The number of methoxy groups -OCH3 is 1. The lowest BCUT2D eigenvalue weighted by atomic mass is 10.3. The number of carbonyl (C=O) groups is 1. The van der Waals surface area contributed by atoms with Crippen molar-refractivity contribution >= 4 is 11.8 Å². The minimum Gasteiger partial charge on any atom is -0.464 e. The van der Waals surface area contributed by atoms with Crippen molar-refractivity contribution < 1.29 is 9.53 Å². The predicted molar refractivity (Wildman–Crippen MR) is 62.8 cm³/mol. The summed E-state index contributed by atoms with van der Waals surface area (Å²) in [5, 5.41) is 7.80. The summed E-state index contributed by atoms with van der Waals surface area (Å²) >= 11 is 0. The highest BCUT2D eigenvalue weighted by Crippen LogP contribution is 2.21. The molecule has 0 aliphatic heterocycles. The Labute approximate surface area is 103 Å². The van der Waals surface area contributed by atoms with E-state index in [9.17, 15) is 4.79 Å². The zero-order valence-electron chi connectivity index (χ0n) is 10.4. The van der Waals surface area contributed by atoms with Gasteiger partial charge in [0, 0.05) is 7.05 Å². The summed E-state index contributed by atoms with van der Waals surface area (Å²) in [6.07, 6.45) is 3.08. The molecule has 0 spiro atoms. The first-order valence-corrected chi connectivity index (χ1v) is 5.30. The molecule has 0 saturated carbocycles. The summed E-state index contributed by atoms with van der Waals surface area (Å²) in [6.45, 7) is 1.89. The summed E-state index contributed by atoms with van der Waals surface area (Å²) in [4.78, 5) is 15.4. The van der Waals surface area contributed by atoms with Crippen LogP contribution >= 0.6 is 0 Å². The predicted octanol–water partition coefficient (Wildman–Crippen LogP) is -0.0103. The Morgan fingerprint density at radius 3 is 2.78 bits per heavy atom. The zero-order chi connectivity index (χ0) is 13.3. The minimum atomic E-state index is -0.559. The fourth-order valence-electron chi connectivity index (χ4n) is 1.73. The van der Waals surface area contributed by atoms with Crippen LogP contribution in [0.4, 0.5) is 5.82 Å². The number of rotatable bonds is 3. The number of esters is 1. The summed E-state index contributed by atoms with van der Waals surface area (Å²) < 4.78 is 8.03. The summed E-state index contributed by atoms with van der Waals surface area (Å²) in [5.74, 6) is 0.407. The molecule has 0 aliphatic carbocycles. The Kier molecular flexibility index (Phi) is 3.00. The van der Waals surface area contributed by atoms with Crippen LogP contribution in [-0.2, 0) is 11.8 Å². The van der Waals surface area contributed by atoms with Crippen LogP contribution < -0.4 is 5.73 Å². The lowest BCUT2D eigenvalue weighted by molar-refractivity contribution is 0.0596. The first-order valence-electron chi connectivity index (χ1n) is 5.30. The molecule has 0 aliphatic rings. The van der Waals surface area contributed by atoms with Crippen LogP contribution in [0.25, 0.3) is 0 Å². The fourth-order valence-corrected chi connectivity index (χ4v) is 1.73. The van der Waals surface area contributed by atoms with Gasteiger partial charge in [-0.05, 0) is 6.92 Å². The molecule has 0 amide bonds. The Morgan fingerprint density at radius 1 is 1.50 bits per heavy atom. The van der Waals surface area contributed by atoms with Crippen LogP contribution in [0, 0.1) is 0 Å². The molecule has 0 saturated heterocycles. The maximum atomic E-state index is 11.4. The van der Waals surface area contributed by atoms with Gasteiger partial charge in [0.15, 0.2) is 11.5 Å². The molecule has 1 atom stereocenters. The molecule has 1 unspecified atom stereocenters. The van der Waals surface area contributed by atoms with Crippen LogP contribution in [0.3, 0.4) is 0 Å². The van der Waals surface area contributed by atoms with E-state index < -0.39 is 5.97 Å². The third kappa shape index (κ3) is 1.81. The van der Waals surface area contributed by atoms with Gasteiger partial charge in [0.2, 0.25) is 0 Å². The number of nitrogens with zero attached hydrogens (tertiary/aromatic N) is 5. The van der Waals surface area contributed by atoms with Gasteiger partial charge in [-0.1, -0.05) is 0 Å². The van der Waals surface area contributed by atoms with Crippen molar-refractivity contribution in [2.45, 2.75) is 13.0 Å². The maximum Gasteiger partial charge on any atom is 0.360 e. The number of imidazole rings is 1. The van der Waals surface area contributed by atoms with Crippen molar-refractivity contribution in [1.29, 1.82) is 0 Å². The number of hydrogen-bond donors (Lipinski definition) is 1. The van der Waals surface area contributed by atoms with Crippen molar-refractivity contribution in [2.75, 3.05) is 12.8 Å². The first kappa shape index (κ1) is 12.1. The molecule has 0 radical (unpaired) electrons. The second kappa shape index (κ2) is 4.47. The van der Waals surface area contributed by atoms with Crippen molar-refractivity contribution in [3.8, 4) is 0 Å². The number of aryl methyl sites for hydroxylation is 1. The molecular formula is C10H14N6O2. The number of aromatic nitrogens is 5. The van der Waals surface area contributed by atoms with E-state index in [1.807, 2.05) is 14.0 Å². The normalized spacial score (nSPS) is 12.4. The third-order valence-electron chi connectivity index (χ3n) is 2.75. The fraction of sp³-hybridized carbons (Fsp3) is 0.400. The molecule has 2 heterocycles. The van der Waals surface area contributed by atoms with Gasteiger partial charge in [-0.25, -0.2) is 9.78 Å². The molecular weight excluding hydrogens is 236 g/mol. The van der Waals surface area contributed by atoms with Crippen molar-refractivity contribution in [3.05, 3.63) is 24.2 Å². The smallest absolute Gasteiger partial charge is 0.360 e. The number of nitrogen functional groups attached to an aromatic ring is 1. The maximum absolute atomic E-state index is 11.4. The highest BCUT2D eigenvalue weighted by atomic mass is 16.5. The van der Waals surface area contributed by atoms with E-state index in [-0.39, 0.29) is 17.6 Å². The van der Waals surface area contributed by atoms with Gasteiger partial charge in [0.05, 0.1) is 19.5 Å². The summed E-state index contributed by atoms with van der Waals surface area (Å²) in [7, 11) is 3.12. The van der Waals surface area contributed by atoms with E-state index >= 15 is 0 Å². The Balaban J connectivity index is 2.38. The topological polar surface area (TPSA) is 101 Å². The van der Waals surface area contributed by atoms with E-state index in [2.05, 4.69) is 19.9 Å². The lowest BCUT2D eigenvalue weighted by Gasteiger charge is -2.13. The van der Waals surface area contributed by atoms with E-state index in [1.165, 1.54) is 13.4 Å². The second-order valence-corrected chi connectivity index (χ2v) is 3.85. The van der Waals surface area contributed by atoms with Gasteiger partial charge in [-0.15, -0.1) is 10.2 Å². The van der Waals surface area contributed by atoms with Gasteiger partial charge in [0.25, 0.3) is 0 Å². The molecule has 2 N–H and O–H groups in total. The molecule has 18 heavy (non-hydrogen) atoms. The highest BCUT2D eigenvalue weighted by Gasteiger charge is 2.21. The molecule has 8 nitrogen and oxygen atoms in total. The molecule has 2 aromatic heterocycles.